The lowest BCUT2D eigenvalue weighted by Gasteiger charge is -2.14. The van der Waals surface area contributed by atoms with E-state index in [9.17, 15) is 0 Å². The molecular formula is C10H19N3O2. The molecule has 15 heavy (non-hydrogen) atoms. The molecular weight excluding hydrogens is 194 g/mol. The first-order valence-corrected chi connectivity index (χ1v) is 5.19. The molecule has 5 nitrogen and oxygen atoms in total. The Morgan fingerprint density at radius 1 is 1.47 bits per heavy atom. The van der Waals surface area contributed by atoms with Gasteiger partial charge in [0.05, 0.1) is 0 Å². The number of rotatable bonds is 6. The van der Waals surface area contributed by atoms with Crippen molar-refractivity contribution < 1.29 is 9.26 Å². The summed E-state index contributed by atoms with van der Waals surface area (Å²) < 4.78 is 10.4. The van der Waals surface area contributed by atoms with Crippen molar-refractivity contribution >= 4 is 0 Å². The van der Waals surface area contributed by atoms with Gasteiger partial charge < -0.3 is 14.6 Å². The first-order valence-electron chi connectivity index (χ1n) is 5.19. The minimum atomic E-state index is -0.0860. The second-order valence-electron chi connectivity index (χ2n) is 3.80. The molecule has 0 aromatic carbocycles. The fourth-order valence-electron chi connectivity index (χ4n) is 1.39. The zero-order valence-electron chi connectivity index (χ0n) is 9.78. The van der Waals surface area contributed by atoms with Crippen LogP contribution in [0.2, 0.25) is 0 Å². The van der Waals surface area contributed by atoms with Gasteiger partial charge in [0.2, 0.25) is 11.7 Å². The number of hydrogen-bond donors (Lipinski definition) is 1. The average molecular weight is 213 g/mol. The van der Waals surface area contributed by atoms with Crippen LogP contribution in [0.15, 0.2) is 4.52 Å². The normalized spacial score (nSPS) is 13.4. The smallest absolute Gasteiger partial charge is 0.228 e. The average Bonchev–Trinajstić information content (AvgIpc) is 2.64. The summed E-state index contributed by atoms with van der Waals surface area (Å²) in [5.41, 5.74) is 0. The fourth-order valence-corrected chi connectivity index (χ4v) is 1.39. The number of methoxy groups -OCH3 is 1. The molecule has 5 heteroatoms. The summed E-state index contributed by atoms with van der Waals surface area (Å²) in [6.07, 6.45) is 0.662. The van der Waals surface area contributed by atoms with Crippen molar-refractivity contribution in [2.75, 3.05) is 20.7 Å². The van der Waals surface area contributed by atoms with E-state index in [1.54, 1.807) is 7.11 Å². The van der Waals surface area contributed by atoms with Crippen molar-refractivity contribution in [2.45, 2.75) is 26.4 Å². The second-order valence-corrected chi connectivity index (χ2v) is 3.80. The molecule has 1 N–H and O–H groups in total. The molecule has 0 spiro atoms. The summed E-state index contributed by atoms with van der Waals surface area (Å²) in [6, 6.07) is 0. The van der Waals surface area contributed by atoms with E-state index < -0.39 is 0 Å². The third kappa shape index (κ3) is 3.28. The Morgan fingerprint density at radius 3 is 2.73 bits per heavy atom. The number of ether oxygens (including phenoxy) is 1. The molecule has 0 aliphatic carbocycles. The van der Waals surface area contributed by atoms with Crippen molar-refractivity contribution in [3.05, 3.63) is 11.7 Å². The number of likely N-dealkylation sites (N-methyl/N-ethyl adjacent to an activating group) is 1. The van der Waals surface area contributed by atoms with Crippen LogP contribution >= 0.6 is 0 Å². The van der Waals surface area contributed by atoms with Gasteiger partial charge in [-0.15, -0.1) is 0 Å². The highest BCUT2D eigenvalue weighted by Gasteiger charge is 2.20. The molecule has 1 heterocycles. The molecule has 1 aromatic rings. The lowest BCUT2D eigenvalue weighted by atomic mass is 10.1. The molecule has 1 rings (SSSR count). The van der Waals surface area contributed by atoms with Gasteiger partial charge in [-0.1, -0.05) is 19.0 Å². The lowest BCUT2D eigenvalue weighted by Crippen LogP contribution is -2.12. The molecule has 1 atom stereocenters. The number of hydrogen-bond acceptors (Lipinski definition) is 5. The summed E-state index contributed by atoms with van der Waals surface area (Å²) in [4.78, 5) is 4.30. The van der Waals surface area contributed by atoms with Crippen molar-refractivity contribution in [2.24, 2.45) is 5.92 Å². The molecule has 0 amide bonds. The number of nitrogens with zero attached hydrogens (tertiary/aromatic N) is 2. The van der Waals surface area contributed by atoms with Gasteiger partial charge in [0.1, 0.15) is 6.10 Å². The largest absolute Gasteiger partial charge is 0.373 e. The standard InChI is InChI=1S/C10H19N3O2/c1-7(2)9(14-4)10-12-8(15-13-10)5-6-11-3/h7,9,11H,5-6H2,1-4H3. The first-order chi connectivity index (χ1) is 7.19. The molecule has 0 saturated heterocycles. The maximum atomic E-state index is 5.31. The van der Waals surface area contributed by atoms with Gasteiger partial charge >= 0.3 is 0 Å². The lowest BCUT2D eigenvalue weighted by molar-refractivity contribution is 0.0555. The van der Waals surface area contributed by atoms with E-state index in [0.717, 1.165) is 13.0 Å². The highest BCUT2D eigenvalue weighted by molar-refractivity contribution is 4.93. The SMILES string of the molecule is CNCCc1nc(C(OC)C(C)C)no1. The quantitative estimate of drug-likeness (QED) is 0.768. The summed E-state index contributed by atoms with van der Waals surface area (Å²) in [6.45, 7) is 4.97. The minimum absolute atomic E-state index is 0.0860. The minimum Gasteiger partial charge on any atom is -0.373 e. The Balaban J connectivity index is 2.65. The topological polar surface area (TPSA) is 60.2 Å². The van der Waals surface area contributed by atoms with E-state index in [1.807, 2.05) is 7.05 Å². The van der Waals surface area contributed by atoms with E-state index in [1.165, 1.54) is 0 Å². The summed E-state index contributed by atoms with van der Waals surface area (Å²) in [7, 11) is 3.55. The predicted molar refractivity (Wildman–Crippen MR) is 56.5 cm³/mol. The van der Waals surface area contributed by atoms with E-state index in [2.05, 4.69) is 29.3 Å². The first kappa shape index (κ1) is 12.1. The molecule has 0 aliphatic heterocycles. The molecule has 1 aromatic heterocycles. The van der Waals surface area contributed by atoms with Crippen LogP contribution < -0.4 is 5.32 Å². The van der Waals surface area contributed by atoms with E-state index >= 15 is 0 Å². The highest BCUT2D eigenvalue weighted by atomic mass is 16.5. The van der Waals surface area contributed by atoms with Crippen molar-refractivity contribution in [1.82, 2.24) is 15.5 Å². The van der Waals surface area contributed by atoms with Gasteiger partial charge in [0, 0.05) is 20.1 Å². The van der Waals surface area contributed by atoms with Crippen LogP contribution in [0.5, 0.6) is 0 Å². The third-order valence-corrected chi connectivity index (χ3v) is 2.19. The maximum absolute atomic E-state index is 5.31. The van der Waals surface area contributed by atoms with E-state index in [4.69, 9.17) is 9.26 Å². The summed E-state index contributed by atoms with van der Waals surface area (Å²) >= 11 is 0. The predicted octanol–water partition coefficient (Wildman–Crippen LogP) is 1.17. The molecule has 1 unspecified atom stereocenters. The Hall–Kier alpha value is -0.940. The Kier molecular flexibility index (Phi) is 4.71. The molecule has 0 radical (unpaired) electrons. The van der Waals surface area contributed by atoms with Crippen molar-refractivity contribution in [3.8, 4) is 0 Å². The molecule has 0 saturated carbocycles. The second kappa shape index (κ2) is 5.82. The highest BCUT2D eigenvalue weighted by Crippen LogP contribution is 2.22. The van der Waals surface area contributed by atoms with Crippen LogP contribution in [-0.4, -0.2) is 30.8 Å². The van der Waals surface area contributed by atoms with Crippen LogP contribution in [0.25, 0.3) is 0 Å². The molecule has 0 bridgehead atoms. The molecule has 0 fully saturated rings. The Labute approximate surface area is 90.2 Å². The Bertz CT molecular complexity index is 286. The summed E-state index contributed by atoms with van der Waals surface area (Å²) in [5.74, 6) is 1.63. The van der Waals surface area contributed by atoms with Crippen LogP contribution in [0, 0.1) is 5.92 Å². The molecule has 0 aliphatic rings. The van der Waals surface area contributed by atoms with Gasteiger partial charge in [0.25, 0.3) is 0 Å². The summed E-state index contributed by atoms with van der Waals surface area (Å²) in [5, 5.41) is 6.96. The van der Waals surface area contributed by atoms with Gasteiger partial charge in [0.15, 0.2) is 0 Å². The van der Waals surface area contributed by atoms with Crippen molar-refractivity contribution in [1.29, 1.82) is 0 Å². The van der Waals surface area contributed by atoms with Crippen molar-refractivity contribution in [3.63, 3.8) is 0 Å². The zero-order valence-corrected chi connectivity index (χ0v) is 9.78. The van der Waals surface area contributed by atoms with Gasteiger partial charge in [-0.2, -0.15) is 4.98 Å². The zero-order chi connectivity index (χ0) is 11.3. The van der Waals surface area contributed by atoms with Crippen LogP contribution in [0.3, 0.4) is 0 Å². The number of aromatic nitrogens is 2. The van der Waals surface area contributed by atoms with E-state index in [-0.39, 0.29) is 6.10 Å². The van der Waals surface area contributed by atoms with Crippen LogP contribution in [-0.2, 0) is 11.2 Å². The Morgan fingerprint density at radius 2 is 2.20 bits per heavy atom. The van der Waals surface area contributed by atoms with Crippen LogP contribution in [0.4, 0.5) is 0 Å². The van der Waals surface area contributed by atoms with E-state index in [0.29, 0.717) is 17.6 Å². The van der Waals surface area contributed by atoms with Gasteiger partial charge in [-0.25, -0.2) is 0 Å². The maximum Gasteiger partial charge on any atom is 0.228 e. The third-order valence-electron chi connectivity index (χ3n) is 2.19. The molecule has 86 valence electrons. The van der Waals surface area contributed by atoms with Crippen LogP contribution in [0.1, 0.15) is 31.7 Å². The van der Waals surface area contributed by atoms with Gasteiger partial charge in [-0.05, 0) is 13.0 Å². The number of nitrogens with one attached hydrogen (secondary N) is 1. The van der Waals surface area contributed by atoms with Gasteiger partial charge in [-0.3, -0.25) is 0 Å². The fraction of sp³-hybridized carbons (Fsp3) is 0.800. The monoisotopic (exact) mass is 213 g/mol.